The van der Waals surface area contributed by atoms with E-state index in [-0.39, 0.29) is 5.60 Å². The van der Waals surface area contributed by atoms with Crippen LogP contribution < -0.4 is 0 Å². The van der Waals surface area contributed by atoms with Crippen LogP contribution in [0.15, 0.2) is 0 Å². The van der Waals surface area contributed by atoms with Crippen LogP contribution in [-0.2, 0) is 0 Å². The highest BCUT2D eigenvalue weighted by Crippen LogP contribution is 2.54. The lowest BCUT2D eigenvalue weighted by molar-refractivity contribution is -0.191. The number of aliphatic hydroxyl groups is 1. The molecule has 2 aliphatic carbocycles. The lowest BCUT2D eigenvalue weighted by Gasteiger charge is -2.63. The van der Waals surface area contributed by atoms with E-state index in [1.54, 1.807) is 0 Å². The summed E-state index contributed by atoms with van der Waals surface area (Å²) >= 11 is 0. The summed E-state index contributed by atoms with van der Waals surface area (Å²) in [6.45, 7) is 4.53. The first-order valence-electron chi connectivity index (χ1n) is 6.55. The standard InChI is InChI=1S/C13H23NO/c1-12(15)7-13(8-12)9-14(10-13)11-5-3-2-4-6-11/h11,15H,2-10H2,1H3. The minimum absolute atomic E-state index is 0.335. The molecular formula is C13H23NO. The van der Waals surface area contributed by atoms with Crippen molar-refractivity contribution in [3.8, 4) is 0 Å². The van der Waals surface area contributed by atoms with Crippen molar-refractivity contribution in [3.05, 3.63) is 0 Å². The fraction of sp³-hybridized carbons (Fsp3) is 1.00. The van der Waals surface area contributed by atoms with Crippen molar-refractivity contribution in [1.29, 1.82) is 0 Å². The summed E-state index contributed by atoms with van der Waals surface area (Å²) in [5.74, 6) is 0. The molecule has 0 aromatic heterocycles. The molecule has 1 saturated heterocycles. The van der Waals surface area contributed by atoms with Gasteiger partial charge in [-0.15, -0.1) is 0 Å². The molecule has 1 heterocycles. The Bertz CT molecular complexity index is 239. The lowest BCUT2D eigenvalue weighted by atomic mass is 9.55. The maximum absolute atomic E-state index is 9.79. The molecule has 2 nitrogen and oxygen atoms in total. The zero-order valence-electron chi connectivity index (χ0n) is 9.84. The van der Waals surface area contributed by atoms with Crippen LogP contribution in [0.1, 0.15) is 51.9 Å². The van der Waals surface area contributed by atoms with Crippen LogP contribution in [-0.4, -0.2) is 34.7 Å². The molecule has 2 saturated carbocycles. The average molecular weight is 209 g/mol. The Morgan fingerprint density at radius 1 is 1.07 bits per heavy atom. The number of hydrogen-bond acceptors (Lipinski definition) is 2. The highest BCUT2D eigenvalue weighted by molar-refractivity contribution is 5.10. The van der Waals surface area contributed by atoms with E-state index in [1.165, 1.54) is 45.2 Å². The van der Waals surface area contributed by atoms with Gasteiger partial charge in [-0.25, -0.2) is 0 Å². The normalized spacial score (nSPS) is 34.8. The van der Waals surface area contributed by atoms with Gasteiger partial charge in [0.25, 0.3) is 0 Å². The van der Waals surface area contributed by atoms with E-state index in [0.29, 0.717) is 5.41 Å². The first-order valence-corrected chi connectivity index (χ1v) is 6.55. The molecule has 0 aromatic rings. The van der Waals surface area contributed by atoms with Crippen LogP contribution in [0.4, 0.5) is 0 Å². The molecule has 1 spiro atoms. The fourth-order valence-corrected chi connectivity index (χ4v) is 4.31. The van der Waals surface area contributed by atoms with Crippen LogP contribution in [0.5, 0.6) is 0 Å². The highest BCUT2D eigenvalue weighted by atomic mass is 16.3. The van der Waals surface area contributed by atoms with Crippen molar-refractivity contribution in [2.45, 2.75) is 63.5 Å². The number of rotatable bonds is 1. The van der Waals surface area contributed by atoms with Crippen molar-refractivity contribution in [2.24, 2.45) is 5.41 Å². The first-order chi connectivity index (χ1) is 7.09. The zero-order chi connectivity index (χ0) is 10.5. The van der Waals surface area contributed by atoms with E-state index in [2.05, 4.69) is 4.90 Å². The van der Waals surface area contributed by atoms with Gasteiger partial charge in [-0.2, -0.15) is 0 Å². The van der Waals surface area contributed by atoms with Gasteiger partial charge in [-0.05, 0) is 32.6 Å². The second-order valence-electron chi connectivity index (χ2n) is 6.55. The average Bonchev–Trinajstić information content (AvgIpc) is 2.11. The number of nitrogens with zero attached hydrogens (tertiary/aromatic N) is 1. The molecule has 0 unspecified atom stereocenters. The SMILES string of the molecule is CC1(O)CC2(CN(C3CCCCC3)C2)C1. The van der Waals surface area contributed by atoms with Crippen LogP contribution in [0, 0.1) is 5.41 Å². The quantitative estimate of drug-likeness (QED) is 0.715. The topological polar surface area (TPSA) is 23.5 Å². The molecule has 3 fully saturated rings. The molecule has 1 N–H and O–H groups in total. The third-order valence-electron chi connectivity index (χ3n) is 4.68. The molecule has 0 radical (unpaired) electrons. The summed E-state index contributed by atoms with van der Waals surface area (Å²) in [7, 11) is 0. The predicted octanol–water partition coefficient (Wildman–Crippen LogP) is 2.17. The largest absolute Gasteiger partial charge is 0.390 e. The van der Waals surface area contributed by atoms with Crippen molar-refractivity contribution in [3.63, 3.8) is 0 Å². The van der Waals surface area contributed by atoms with E-state index in [4.69, 9.17) is 0 Å². The maximum Gasteiger partial charge on any atom is 0.0632 e. The van der Waals surface area contributed by atoms with Gasteiger partial charge in [0, 0.05) is 24.5 Å². The summed E-state index contributed by atoms with van der Waals surface area (Å²) in [6, 6.07) is 0.884. The van der Waals surface area contributed by atoms with E-state index in [1.807, 2.05) is 6.92 Å². The van der Waals surface area contributed by atoms with E-state index >= 15 is 0 Å². The second kappa shape index (κ2) is 3.21. The number of likely N-dealkylation sites (tertiary alicyclic amines) is 1. The van der Waals surface area contributed by atoms with Crippen LogP contribution in [0.25, 0.3) is 0 Å². The van der Waals surface area contributed by atoms with Crippen LogP contribution >= 0.6 is 0 Å². The van der Waals surface area contributed by atoms with Crippen LogP contribution in [0.3, 0.4) is 0 Å². The van der Waals surface area contributed by atoms with Crippen molar-refractivity contribution >= 4 is 0 Å². The van der Waals surface area contributed by atoms with Gasteiger partial charge in [0.05, 0.1) is 5.60 Å². The van der Waals surface area contributed by atoms with Crippen LogP contribution in [0.2, 0.25) is 0 Å². The summed E-state index contributed by atoms with van der Waals surface area (Å²) in [6.07, 6.45) is 9.26. The molecule has 2 heteroatoms. The van der Waals surface area contributed by atoms with Gasteiger partial charge >= 0.3 is 0 Å². The van der Waals surface area contributed by atoms with Gasteiger partial charge in [0.1, 0.15) is 0 Å². The summed E-state index contributed by atoms with van der Waals surface area (Å²) < 4.78 is 0. The fourth-order valence-electron chi connectivity index (χ4n) is 4.31. The molecule has 3 rings (SSSR count). The van der Waals surface area contributed by atoms with Gasteiger partial charge in [0.15, 0.2) is 0 Å². The third kappa shape index (κ3) is 1.72. The third-order valence-corrected chi connectivity index (χ3v) is 4.68. The first kappa shape index (κ1) is 10.1. The molecule has 3 aliphatic rings. The Labute approximate surface area is 92.7 Å². The van der Waals surface area contributed by atoms with E-state index < -0.39 is 0 Å². The molecule has 86 valence electrons. The Balaban J connectivity index is 1.50. The van der Waals surface area contributed by atoms with Gasteiger partial charge in [-0.3, -0.25) is 4.90 Å². The molecule has 0 bridgehead atoms. The number of hydrogen-bond donors (Lipinski definition) is 1. The summed E-state index contributed by atoms with van der Waals surface area (Å²) in [5.41, 5.74) is 0.194. The molecule has 15 heavy (non-hydrogen) atoms. The Kier molecular flexibility index (Phi) is 2.16. The molecule has 0 amide bonds. The maximum atomic E-state index is 9.79. The highest BCUT2D eigenvalue weighted by Gasteiger charge is 2.57. The van der Waals surface area contributed by atoms with E-state index in [9.17, 15) is 5.11 Å². The molecule has 0 atom stereocenters. The van der Waals surface area contributed by atoms with Crippen molar-refractivity contribution in [1.82, 2.24) is 4.90 Å². The van der Waals surface area contributed by atoms with Crippen molar-refractivity contribution < 1.29 is 5.11 Å². The van der Waals surface area contributed by atoms with Gasteiger partial charge in [-0.1, -0.05) is 19.3 Å². The summed E-state index contributed by atoms with van der Waals surface area (Å²) in [5, 5.41) is 9.79. The Hall–Kier alpha value is -0.0800. The molecular weight excluding hydrogens is 186 g/mol. The van der Waals surface area contributed by atoms with E-state index in [0.717, 1.165) is 18.9 Å². The molecule has 1 aliphatic heterocycles. The Morgan fingerprint density at radius 3 is 2.20 bits per heavy atom. The minimum atomic E-state index is -0.335. The Morgan fingerprint density at radius 2 is 1.67 bits per heavy atom. The second-order valence-corrected chi connectivity index (χ2v) is 6.55. The van der Waals surface area contributed by atoms with Crippen molar-refractivity contribution in [2.75, 3.05) is 13.1 Å². The molecule has 0 aromatic carbocycles. The zero-order valence-corrected chi connectivity index (χ0v) is 9.84. The minimum Gasteiger partial charge on any atom is -0.390 e. The lowest BCUT2D eigenvalue weighted by Crippen LogP contribution is -2.69. The monoisotopic (exact) mass is 209 g/mol. The van der Waals surface area contributed by atoms with Gasteiger partial charge in [0.2, 0.25) is 0 Å². The predicted molar refractivity (Wildman–Crippen MR) is 60.7 cm³/mol. The smallest absolute Gasteiger partial charge is 0.0632 e. The summed E-state index contributed by atoms with van der Waals surface area (Å²) in [4.78, 5) is 2.68. The van der Waals surface area contributed by atoms with Gasteiger partial charge < -0.3 is 5.11 Å².